The molecule has 17 heavy (non-hydrogen) atoms. The Labute approximate surface area is 101 Å². The smallest absolute Gasteiger partial charge is 0.270 e. The first-order chi connectivity index (χ1) is 8.15. The van der Waals surface area contributed by atoms with Crippen molar-refractivity contribution < 1.29 is 9.90 Å². The van der Waals surface area contributed by atoms with Crippen molar-refractivity contribution in [2.75, 3.05) is 20.1 Å². The van der Waals surface area contributed by atoms with Crippen molar-refractivity contribution in [3.63, 3.8) is 0 Å². The van der Waals surface area contributed by atoms with Gasteiger partial charge in [-0.25, -0.2) is 0 Å². The van der Waals surface area contributed by atoms with Gasteiger partial charge in [-0.05, 0) is 19.1 Å². The maximum Gasteiger partial charge on any atom is 0.270 e. The van der Waals surface area contributed by atoms with Crippen LogP contribution in [-0.2, 0) is 6.54 Å². The number of aryl methyl sites for hydroxylation is 1. The number of carbonyl (C=O) groups excluding carboxylic acids is 1. The van der Waals surface area contributed by atoms with Gasteiger partial charge in [-0.15, -0.1) is 0 Å². The number of hydrogen-bond donors (Lipinski definition) is 2. The van der Waals surface area contributed by atoms with Gasteiger partial charge >= 0.3 is 0 Å². The van der Waals surface area contributed by atoms with Gasteiger partial charge in [0.2, 0.25) is 0 Å². The fraction of sp³-hybridized carbons (Fsp3) is 0.583. The molecular formula is C12H19N3O2. The molecule has 0 spiro atoms. The lowest BCUT2D eigenvalue weighted by Gasteiger charge is -2.26. The standard InChI is InChI=1S/C12H19N3O2/c1-3-15-6-4-5-9(15)12(17)14(2)10-7-13-8-11(10)16/h4-6,10-11,13,16H,3,7-8H2,1-2H3/t10-,11-/m1/s1. The van der Waals surface area contributed by atoms with E-state index in [4.69, 9.17) is 0 Å². The lowest BCUT2D eigenvalue weighted by atomic mass is 10.2. The molecule has 2 rings (SSSR count). The van der Waals surface area contributed by atoms with Gasteiger partial charge in [-0.1, -0.05) is 0 Å². The summed E-state index contributed by atoms with van der Waals surface area (Å²) in [5, 5.41) is 12.9. The van der Waals surface area contributed by atoms with Gasteiger partial charge in [0.15, 0.2) is 0 Å². The number of likely N-dealkylation sites (N-methyl/N-ethyl adjacent to an activating group) is 1. The molecule has 0 saturated carbocycles. The van der Waals surface area contributed by atoms with Crippen molar-refractivity contribution >= 4 is 5.91 Å². The summed E-state index contributed by atoms with van der Waals surface area (Å²) in [5.41, 5.74) is 0.675. The Morgan fingerprint density at radius 2 is 2.41 bits per heavy atom. The molecule has 1 aliphatic heterocycles. The Morgan fingerprint density at radius 1 is 1.65 bits per heavy atom. The van der Waals surface area contributed by atoms with Crippen molar-refractivity contribution in [1.29, 1.82) is 0 Å². The first kappa shape index (κ1) is 12.1. The molecule has 0 aliphatic carbocycles. The molecule has 0 radical (unpaired) electrons. The second kappa shape index (κ2) is 4.89. The monoisotopic (exact) mass is 237 g/mol. The molecule has 0 aromatic carbocycles. The zero-order chi connectivity index (χ0) is 12.4. The molecule has 1 aromatic heterocycles. The number of aromatic nitrogens is 1. The summed E-state index contributed by atoms with van der Waals surface area (Å²) >= 11 is 0. The second-order valence-corrected chi connectivity index (χ2v) is 4.39. The predicted molar refractivity (Wildman–Crippen MR) is 64.9 cm³/mol. The van der Waals surface area contributed by atoms with Crippen LogP contribution in [0.5, 0.6) is 0 Å². The maximum atomic E-state index is 12.3. The molecule has 5 heteroatoms. The quantitative estimate of drug-likeness (QED) is 0.772. The van der Waals surface area contributed by atoms with Crippen molar-refractivity contribution in [2.24, 2.45) is 0 Å². The number of amides is 1. The summed E-state index contributed by atoms with van der Waals surface area (Å²) < 4.78 is 1.91. The zero-order valence-corrected chi connectivity index (χ0v) is 10.3. The first-order valence-corrected chi connectivity index (χ1v) is 5.96. The highest BCUT2D eigenvalue weighted by Gasteiger charge is 2.32. The third kappa shape index (κ3) is 2.21. The van der Waals surface area contributed by atoms with Crippen LogP contribution in [0, 0.1) is 0 Å². The van der Waals surface area contributed by atoms with E-state index in [1.165, 1.54) is 0 Å². The van der Waals surface area contributed by atoms with Crippen LogP contribution < -0.4 is 5.32 Å². The van der Waals surface area contributed by atoms with Crippen molar-refractivity contribution in [1.82, 2.24) is 14.8 Å². The highest BCUT2D eigenvalue weighted by molar-refractivity contribution is 5.92. The topological polar surface area (TPSA) is 57.5 Å². The number of aliphatic hydroxyl groups excluding tert-OH is 1. The van der Waals surface area contributed by atoms with Crippen LogP contribution in [0.25, 0.3) is 0 Å². The van der Waals surface area contributed by atoms with E-state index in [0.717, 1.165) is 6.54 Å². The van der Waals surface area contributed by atoms with Crippen molar-refractivity contribution in [3.8, 4) is 0 Å². The molecular weight excluding hydrogens is 218 g/mol. The lowest BCUT2D eigenvalue weighted by Crippen LogP contribution is -2.44. The highest BCUT2D eigenvalue weighted by atomic mass is 16.3. The Balaban J connectivity index is 2.14. The molecule has 0 unspecified atom stereocenters. The van der Waals surface area contributed by atoms with Crippen LogP contribution >= 0.6 is 0 Å². The van der Waals surface area contributed by atoms with Crippen LogP contribution in [0.1, 0.15) is 17.4 Å². The normalized spacial score (nSPS) is 23.9. The van der Waals surface area contributed by atoms with Crippen molar-refractivity contribution in [3.05, 3.63) is 24.0 Å². The zero-order valence-electron chi connectivity index (χ0n) is 10.3. The highest BCUT2D eigenvalue weighted by Crippen LogP contribution is 2.12. The predicted octanol–water partition coefficient (Wildman–Crippen LogP) is -0.0873. The van der Waals surface area contributed by atoms with Gasteiger partial charge in [0, 0.05) is 32.9 Å². The molecule has 2 atom stereocenters. The summed E-state index contributed by atoms with van der Waals surface area (Å²) in [6, 6.07) is 3.55. The number of β-amino-alcohol motifs (C(OH)–C–C–N with tert-alkyl or cyclic N) is 1. The van der Waals surface area contributed by atoms with Gasteiger partial charge in [0.25, 0.3) is 5.91 Å². The molecule has 94 valence electrons. The van der Waals surface area contributed by atoms with Crippen LogP contribution in [0.15, 0.2) is 18.3 Å². The molecule has 0 bridgehead atoms. The van der Waals surface area contributed by atoms with E-state index in [2.05, 4.69) is 5.32 Å². The number of aliphatic hydroxyl groups is 1. The van der Waals surface area contributed by atoms with Crippen LogP contribution in [-0.4, -0.2) is 52.8 Å². The fourth-order valence-corrected chi connectivity index (χ4v) is 2.26. The molecule has 1 aliphatic rings. The van der Waals surface area contributed by atoms with Gasteiger partial charge in [-0.3, -0.25) is 4.79 Å². The van der Waals surface area contributed by atoms with E-state index in [0.29, 0.717) is 18.8 Å². The average molecular weight is 237 g/mol. The van der Waals surface area contributed by atoms with E-state index < -0.39 is 6.10 Å². The minimum absolute atomic E-state index is 0.0374. The Kier molecular flexibility index (Phi) is 3.49. The lowest BCUT2D eigenvalue weighted by molar-refractivity contribution is 0.0571. The number of nitrogens with zero attached hydrogens (tertiary/aromatic N) is 2. The maximum absolute atomic E-state index is 12.3. The van der Waals surface area contributed by atoms with E-state index in [9.17, 15) is 9.90 Å². The molecule has 2 heterocycles. The molecule has 2 N–H and O–H groups in total. The third-order valence-electron chi connectivity index (χ3n) is 3.36. The van der Waals surface area contributed by atoms with E-state index in [1.807, 2.05) is 29.8 Å². The minimum Gasteiger partial charge on any atom is -0.390 e. The van der Waals surface area contributed by atoms with Crippen molar-refractivity contribution in [2.45, 2.75) is 25.6 Å². The number of nitrogens with one attached hydrogen (secondary N) is 1. The van der Waals surface area contributed by atoms with Crippen LogP contribution in [0.2, 0.25) is 0 Å². The number of hydrogen-bond acceptors (Lipinski definition) is 3. The SMILES string of the molecule is CCn1cccc1C(=O)N(C)[C@@H]1CNC[C@H]1O. The summed E-state index contributed by atoms with van der Waals surface area (Å²) in [7, 11) is 1.75. The van der Waals surface area contributed by atoms with E-state index in [1.54, 1.807) is 11.9 Å². The molecule has 1 aromatic rings. The minimum atomic E-state index is -0.478. The van der Waals surface area contributed by atoms with Gasteiger partial charge in [0.05, 0.1) is 12.1 Å². The van der Waals surface area contributed by atoms with Crippen LogP contribution in [0.4, 0.5) is 0 Å². The van der Waals surface area contributed by atoms with Gasteiger partial charge < -0.3 is 19.9 Å². The molecule has 1 saturated heterocycles. The molecule has 1 fully saturated rings. The second-order valence-electron chi connectivity index (χ2n) is 4.39. The average Bonchev–Trinajstić information content (AvgIpc) is 2.95. The Hall–Kier alpha value is -1.33. The fourth-order valence-electron chi connectivity index (χ4n) is 2.26. The number of rotatable bonds is 3. The Bertz CT molecular complexity index is 402. The van der Waals surface area contributed by atoms with Gasteiger partial charge in [-0.2, -0.15) is 0 Å². The first-order valence-electron chi connectivity index (χ1n) is 5.96. The third-order valence-corrected chi connectivity index (χ3v) is 3.36. The number of carbonyl (C=O) groups is 1. The van der Waals surface area contributed by atoms with E-state index >= 15 is 0 Å². The summed E-state index contributed by atoms with van der Waals surface area (Å²) in [6.45, 7) is 3.98. The summed E-state index contributed by atoms with van der Waals surface area (Å²) in [4.78, 5) is 13.9. The van der Waals surface area contributed by atoms with Gasteiger partial charge in [0.1, 0.15) is 5.69 Å². The Morgan fingerprint density at radius 3 is 3.00 bits per heavy atom. The molecule has 1 amide bonds. The van der Waals surface area contributed by atoms with E-state index in [-0.39, 0.29) is 11.9 Å². The summed E-state index contributed by atoms with van der Waals surface area (Å²) in [6.07, 6.45) is 1.42. The summed E-state index contributed by atoms with van der Waals surface area (Å²) in [5.74, 6) is -0.0374. The largest absolute Gasteiger partial charge is 0.390 e. The molecule has 5 nitrogen and oxygen atoms in total. The van der Waals surface area contributed by atoms with Crippen LogP contribution in [0.3, 0.4) is 0 Å².